The first kappa shape index (κ1) is 14.8. The molecule has 0 bridgehead atoms. The van der Waals surface area contributed by atoms with Crippen LogP contribution < -0.4 is 5.32 Å². The van der Waals surface area contributed by atoms with Gasteiger partial charge in [0, 0.05) is 16.1 Å². The van der Waals surface area contributed by atoms with E-state index in [1.165, 1.54) is 16.8 Å². The largest absolute Gasteiger partial charge is 0.342 e. The van der Waals surface area contributed by atoms with Crippen molar-refractivity contribution in [3.8, 4) is 6.07 Å². The Balaban J connectivity index is 1.65. The third-order valence-corrected chi connectivity index (χ3v) is 5.94. The zero-order chi connectivity index (χ0) is 17.2. The van der Waals surface area contributed by atoms with E-state index in [9.17, 15) is 5.26 Å². The average Bonchev–Trinajstić information content (AvgIpc) is 3.12. The van der Waals surface area contributed by atoms with Gasteiger partial charge in [-0.25, -0.2) is 4.68 Å². The minimum Gasteiger partial charge on any atom is -0.342 e. The number of benzene rings is 1. The molecule has 5 rings (SSSR count). The molecule has 1 aromatic carbocycles. The fourth-order valence-corrected chi connectivity index (χ4v) is 4.32. The van der Waals surface area contributed by atoms with Crippen LogP contribution in [-0.2, 0) is 5.41 Å². The molecule has 0 saturated heterocycles. The second-order valence-corrected chi connectivity index (χ2v) is 7.50. The molecule has 0 spiro atoms. The van der Waals surface area contributed by atoms with Crippen LogP contribution in [0.25, 0.3) is 5.70 Å². The Labute approximate surface area is 151 Å². The van der Waals surface area contributed by atoms with Crippen LogP contribution in [0.3, 0.4) is 0 Å². The van der Waals surface area contributed by atoms with E-state index < -0.39 is 0 Å². The van der Waals surface area contributed by atoms with Crippen molar-refractivity contribution in [3.63, 3.8) is 0 Å². The lowest BCUT2D eigenvalue weighted by atomic mass is 9.90. The van der Waals surface area contributed by atoms with Gasteiger partial charge in [0.25, 0.3) is 0 Å². The van der Waals surface area contributed by atoms with E-state index in [1.54, 1.807) is 0 Å². The van der Waals surface area contributed by atoms with E-state index in [4.69, 9.17) is 16.7 Å². The molecule has 1 N–H and O–H groups in total. The summed E-state index contributed by atoms with van der Waals surface area (Å²) in [4.78, 5) is 0. The number of nitrogens with one attached hydrogen (secondary N) is 1. The first-order valence-electron chi connectivity index (χ1n) is 8.62. The summed E-state index contributed by atoms with van der Waals surface area (Å²) >= 11 is 6.04. The Morgan fingerprint density at radius 3 is 2.68 bits per heavy atom. The molecule has 25 heavy (non-hydrogen) atoms. The van der Waals surface area contributed by atoms with Crippen molar-refractivity contribution in [1.82, 2.24) is 9.78 Å². The number of hydrogen-bond donors (Lipinski definition) is 1. The fourth-order valence-electron chi connectivity index (χ4n) is 4.20. The maximum atomic E-state index is 9.86. The Morgan fingerprint density at radius 1 is 1.24 bits per heavy atom. The predicted molar refractivity (Wildman–Crippen MR) is 98.2 cm³/mol. The third kappa shape index (κ3) is 1.96. The summed E-state index contributed by atoms with van der Waals surface area (Å²) in [7, 11) is 0. The molecule has 3 aliphatic rings. The summed E-state index contributed by atoms with van der Waals surface area (Å²) in [6.45, 7) is 4.25. The van der Waals surface area contributed by atoms with Crippen LogP contribution in [-0.4, -0.2) is 9.78 Å². The van der Waals surface area contributed by atoms with Crippen LogP contribution >= 0.6 is 11.6 Å². The molecule has 124 valence electrons. The minimum absolute atomic E-state index is 0.174. The maximum absolute atomic E-state index is 9.86. The summed E-state index contributed by atoms with van der Waals surface area (Å²) in [6, 6.07) is 10.3. The van der Waals surface area contributed by atoms with Gasteiger partial charge in [-0.05, 0) is 55.4 Å². The molecule has 1 saturated carbocycles. The molecule has 1 aliphatic heterocycles. The summed E-state index contributed by atoms with van der Waals surface area (Å²) in [5.41, 5.74) is 5.88. The number of anilines is 1. The molecule has 4 nitrogen and oxygen atoms in total. The highest BCUT2D eigenvalue weighted by Crippen LogP contribution is 2.55. The molecule has 0 unspecified atom stereocenters. The molecule has 1 aromatic heterocycles. The quantitative estimate of drug-likeness (QED) is 0.846. The third-order valence-electron chi connectivity index (χ3n) is 5.69. The molecular weight excluding hydrogens is 332 g/mol. The molecule has 1 fully saturated rings. The standard InChI is InChI=1S/C20H17ClN4/c1-12-15-3-2-4-17(15)23-19-16(11-22)18(24-25(12)19)20(9-10-20)13-5-7-14(21)8-6-13/h5-8,23H,1-4,9-10H2. The Kier molecular flexibility index (Phi) is 2.96. The first-order chi connectivity index (χ1) is 12.1. The summed E-state index contributed by atoms with van der Waals surface area (Å²) in [6.07, 6.45) is 5.17. The summed E-state index contributed by atoms with van der Waals surface area (Å²) in [5.74, 6) is 0.781. The van der Waals surface area contributed by atoms with Gasteiger partial charge < -0.3 is 5.32 Å². The van der Waals surface area contributed by atoms with Crippen molar-refractivity contribution in [1.29, 1.82) is 5.26 Å². The summed E-state index contributed by atoms with van der Waals surface area (Å²) in [5, 5.41) is 18.9. The number of hydrogen-bond acceptors (Lipinski definition) is 3. The van der Waals surface area contributed by atoms with Crippen LogP contribution in [0.15, 0.2) is 42.1 Å². The average molecular weight is 349 g/mol. The highest BCUT2D eigenvalue weighted by molar-refractivity contribution is 6.30. The SMILES string of the molecule is C=C1C2=C(CCC2)Nc2c(C#N)c(C3(c4ccc(Cl)cc4)CC3)nn21. The van der Waals surface area contributed by atoms with Gasteiger partial charge in [0.2, 0.25) is 0 Å². The predicted octanol–water partition coefficient (Wildman–Crippen LogP) is 4.82. The van der Waals surface area contributed by atoms with Crippen LogP contribution in [0, 0.1) is 11.3 Å². The first-order valence-corrected chi connectivity index (χ1v) is 9.00. The van der Waals surface area contributed by atoms with Crippen LogP contribution in [0.4, 0.5) is 5.82 Å². The molecule has 2 heterocycles. The minimum atomic E-state index is -0.174. The Bertz CT molecular complexity index is 984. The van der Waals surface area contributed by atoms with E-state index >= 15 is 0 Å². The molecule has 2 aromatic rings. The lowest BCUT2D eigenvalue weighted by Gasteiger charge is -2.20. The molecule has 0 amide bonds. The molecule has 0 radical (unpaired) electrons. The van der Waals surface area contributed by atoms with Gasteiger partial charge in [-0.15, -0.1) is 0 Å². The number of fused-ring (bicyclic) bond motifs is 1. The number of nitriles is 1. The van der Waals surface area contributed by atoms with E-state index in [0.29, 0.717) is 5.56 Å². The van der Waals surface area contributed by atoms with Crippen molar-refractivity contribution in [2.24, 2.45) is 0 Å². The highest BCUT2D eigenvalue weighted by atomic mass is 35.5. The van der Waals surface area contributed by atoms with Crippen molar-refractivity contribution in [3.05, 3.63) is 64.0 Å². The highest BCUT2D eigenvalue weighted by Gasteiger charge is 2.51. The van der Waals surface area contributed by atoms with Gasteiger partial charge >= 0.3 is 0 Å². The van der Waals surface area contributed by atoms with E-state index in [-0.39, 0.29) is 5.41 Å². The molecule has 5 heteroatoms. The maximum Gasteiger partial charge on any atom is 0.152 e. The lowest BCUT2D eigenvalue weighted by Crippen LogP contribution is -2.15. The van der Waals surface area contributed by atoms with Gasteiger partial charge in [-0.2, -0.15) is 10.4 Å². The van der Waals surface area contributed by atoms with Gasteiger partial charge in [0.1, 0.15) is 11.6 Å². The summed E-state index contributed by atoms with van der Waals surface area (Å²) < 4.78 is 1.84. The monoisotopic (exact) mass is 348 g/mol. The van der Waals surface area contributed by atoms with E-state index in [0.717, 1.165) is 54.3 Å². The van der Waals surface area contributed by atoms with Gasteiger partial charge in [0.15, 0.2) is 5.82 Å². The number of nitrogens with zero attached hydrogens (tertiary/aromatic N) is 3. The van der Waals surface area contributed by atoms with Crippen LogP contribution in [0.1, 0.15) is 48.9 Å². The smallest absolute Gasteiger partial charge is 0.152 e. The molecule has 2 aliphatic carbocycles. The van der Waals surface area contributed by atoms with Crippen molar-refractivity contribution in [2.75, 3.05) is 5.32 Å². The number of halogens is 1. The fraction of sp³-hybridized carbons (Fsp3) is 0.300. The topological polar surface area (TPSA) is 53.6 Å². The van der Waals surface area contributed by atoms with Gasteiger partial charge in [0.05, 0.1) is 11.4 Å². The zero-order valence-corrected chi connectivity index (χ0v) is 14.5. The number of allylic oxidation sites excluding steroid dienone is 3. The Morgan fingerprint density at radius 2 is 2.00 bits per heavy atom. The number of aromatic nitrogens is 2. The normalized spacial score (nSPS) is 19.9. The van der Waals surface area contributed by atoms with Crippen molar-refractivity contribution in [2.45, 2.75) is 37.5 Å². The van der Waals surface area contributed by atoms with E-state index in [2.05, 4.69) is 30.1 Å². The van der Waals surface area contributed by atoms with Gasteiger partial charge in [-0.3, -0.25) is 0 Å². The van der Waals surface area contributed by atoms with Crippen LogP contribution in [0.5, 0.6) is 0 Å². The Hall–Kier alpha value is -2.51. The van der Waals surface area contributed by atoms with Crippen molar-refractivity contribution < 1.29 is 0 Å². The van der Waals surface area contributed by atoms with E-state index in [1.807, 2.05) is 16.8 Å². The zero-order valence-electron chi connectivity index (χ0n) is 13.8. The molecular formula is C20H17ClN4. The van der Waals surface area contributed by atoms with Gasteiger partial charge in [-0.1, -0.05) is 30.3 Å². The second kappa shape index (κ2) is 5.00. The second-order valence-electron chi connectivity index (χ2n) is 7.07. The number of rotatable bonds is 2. The molecule has 0 atom stereocenters. The van der Waals surface area contributed by atoms with Crippen LogP contribution in [0.2, 0.25) is 5.02 Å². The lowest BCUT2D eigenvalue weighted by molar-refractivity contribution is 0.757. The van der Waals surface area contributed by atoms with Crippen molar-refractivity contribution >= 4 is 23.1 Å².